The number of carbonyl (C=O) groups is 2. The maximum Gasteiger partial charge on any atom is 0.271 e. The average molecular weight is 385 g/mol. The molecule has 1 fully saturated rings. The summed E-state index contributed by atoms with van der Waals surface area (Å²) in [7, 11) is 0. The van der Waals surface area contributed by atoms with Crippen molar-refractivity contribution >= 4 is 46.4 Å². The van der Waals surface area contributed by atoms with Crippen LogP contribution in [-0.4, -0.2) is 48.3 Å². The lowest BCUT2D eigenvalue weighted by Gasteiger charge is -2.29. The monoisotopic (exact) mass is 384 g/mol. The second kappa shape index (κ2) is 7.57. The fourth-order valence-electron chi connectivity index (χ4n) is 2.81. The molecule has 10 heteroatoms. The van der Waals surface area contributed by atoms with Crippen molar-refractivity contribution in [2.24, 2.45) is 10.8 Å². The quantitative estimate of drug-likeness (QED) is 0.617. The number of benzene rings is 1. The van der Waals surface area contributed by atoms with Gasteiger partial charge in [-0.1, -0.05) is 23.2 Å². The number of nitrogens with one attached hydrogen (secondary N) is 3. The van der Waals surface area contributed by atoms with Gasteiger partial charge in [0.25, 0.3) is 11.8 Å². The van der Waals surface area contributed by atoms with Gasteiger partial charge in [0.1, 0.15) is 5.71 Å². The van der Waals surface area contributed by atoms with Crippen LogP contribution in [0.15, 0.2) is 17.2 Å². The predicted octanol–water partition coefficient (Wildman–Crippen LogP) is 0.959. The van der Waals surface area contributed by atoms with Gasteiger partial charge in [0, 0.05) is 19.5 Å². The summed E-state index contributed by atoms with van der Waals surface area (Å²) in [6.45, 7) is 2.70. The van der Waals surface area contributed by atoms with E-state index in [0.29, 0.717) is 12.1 Å². The normalized spacial score (nSPS) is 20.7. The summed E-state index contributed by atoms with van der Waals surface area (Å²) < 4.78 is 0. The van der Waals surface area contributed by atoms with Crippen LogP contribution in [0.25, 0.3) is 0 Å². The Labute approximate surface area is 154 Å². The van der Waals surface area contributed by atoms with E-state index in [1.54, 1.807) is 0 Å². The highest BCUT2D eigenvalue weighted by molar-refractivity contribution is 6.44. The highest BCUT2D eigenvalue weighted by Gasteiger charge is 2.27. The molecule has 1 aromatic rings. The zero-order valence-corrected chi connectivity index (χ0v) is 14.8. The number of primary amides is 1. The molecule has 25 heavy (non-hydrogen) atoms. The summed E-state index contributed by atoms with van der Waals surface area (Å²) in [6.07, 6.45) is 1.39. The molecule has 2 aliphatic heterocycles. The van der Waals surface area contributed by atoms with E-state index in [9.17, 15) is 9.59 Å². The third-order valence-electron chi connectivity index (χ3n) is 4.17. The van der Waals surface area contributed by atoms with Crippen molar-refractivity contribution in [1.82, 2.24) is 15.6 Å². The Balaban J connectivity index is 1.70. The van der Waals surface area contributed by atoms with Gasteiger partial charge in [-0.05, 0) is 18.6 Å². The average Bonchev–Trinajstić information content (AvgIpc) is 3.12. The summed E-state index contributed by atoms with van der Waals surface area (Å²) in [5.41, 5.74) is 8.99. The van der Waals surface area contributed by atoms with Gasteiger partial charge in [-0.3, -0.25) is 19.9 Å². The van der Waals surface area contributed by atoms with Gasteiger partial charge < -0.3 is 16.4 Å². The first-order chi connectivity index (χ1) is 12.0. The number of hydrazone groups is 1. The zero-order chi connectivity index (χ0) is 18.0. The Morgan fingerprint density at radius 3 is 2.68 bits per heavy atom. The summed E-state index contributed by atoms with van der Waals surface area (Å²) in [6, 6.07) is 2.73. The van der Waals surface area contributed by atoms with E-state index < -0.39 is 11.8 Å². The van der Waals surface area contributed by atoms with Crippen LogP contribution in [0.2, 0.25) is 10.0 Å². The number of nitrogens with zero attached hydrogens (tertiary/aromatic N) is 2. The van der Waals surface area contributed by atoms with Gasteiger partial charge in [-0.15, -0.1) is 0 Å². The van der Waals surface area contributed by atoms with Crippen LogP contribution in [-0.2, 0) is 4.79 Å². The van der Waals surface area contributed by atoms with Crippen molar-refractivity contribution in [2.45, 2.75) is 19.0 Å². The molecule has 0 aliphatic carbocycles. The highest BCUT2D eigenvalue weighted by Crippen LogP contribution is 2.29. The lowest BCUT2D eigenvalue weighted by atomic mass is 10.1. The van der Waals surface area contributed by atoms with Crippen molar-refractivity contribution in [2.75, 3.05) is 25.1 Å². The van der Waals surface area contributed by atoms with Crippen molar-refractivity contribution in [1.29, 1.82) is 0 Å². The molecule has 1 saturated heterocycles. The minimum absolute atomic E-state index is 0.0909. The molecule has 8 nitrogen and oxygen atoms in total. The van der Waals surface area contributed by atoms with Gasteiger partial charge >= 0.3 is 0 Å². The first-order valence-electron chi connectivity index (χ1n) is 7.83. The van der Waals surface area contributed by atoms with Crippen molar-refractivity contribution in [3.8, 4) is 0 Å². The molecule has 3 rings (SSSR count). The summed E-state index contributed by atoms with van der Waals surface area (Å²) in [5.74, 6) is -1.12. The SMILES string of the molecule is NC(=O)c1cc(Cl)c(Cl)cc1NC(=O)C1=NNC(N2CCNC2)CC1. The Morgan fingerprint density at radius 1 is 1.32 bits per heavy atom. The molecule has 2 aliphatic rings. The minimum Gasteiger partial charge on any atom is -0.366 e. The highest BCUT2D eigenvalue weighted by atomic mass is 35.5. The molecular weight excluding hydrogens is 367 g/mol. The Morgan fingerprint density at radius 2 is 2.08 bits per heavy atom. The van der Waals surface area contributed by atoms with Crippen LogP contribution in [0, 0.1) is 0 Å². The number of halogens is 2. The number of rotatable bonds is 4. The number of amides is 2. The molecule has 1 aromatic carbocycles. The second-order valence-electron chi connectivity index (χ2n) is 5.84. The lowest BCUT2D eigenvalue weighted by molar-refractivity contribution is -0.110. The lowest BCUT2D eigenvalue weighted by Crippen LogP contribution is -2.47. The molecule has 134 valence electrons. The standard InChI is InChI=1S/C15H18Cl2N6O2/c16-9-5-8(14(18)24)12(6-10(9)17)20-15(25)11-1-2-13(22-21-11)23-4-3-19-7-23/h5-6,13,19,22H,1-4,7H2,(H2,18,24)(H,20,25). The third-order valence-corrected chi connectivity index (χ3v) is 4.89. The van der Waals surface area contributed by atoms with E-state index in [0.717, 1.165) is 26.2 Å². The number of hydrogen-bond donors (Lipinski definition) is 4. The second-order valence-corrected chi connectivity index (χ2v) is 6.66. The first kappa shape index (κ1) is 17.9. The first-order valence-corrected chi connectivity index (χ1v) is 8.58. The maximum absolute atomic E-state index is 12.4. The van der Waals surface area contributed by atoms with Gasteiger partial charge in [-0.25, -0.2) is 0 Å². The topological polar surface area (TPSA) is 112 Å². The Kier molecular flexibility index (Phi) is 5.43. The van der Waals surface area contributed by atoms with Gasteiger partial charge in [0.15, 0.2) is 0 Å². The minimum atomic E-state index is -0.709. The van der Waals surface area contributed by atoms with Crippen molar-refractivity contribution in [3.63, 3.8) is 0 Å². The van der Waals surface area contributed by atoms with E-state index >= 15 is 0 Å². The number of hydrogen-bond acceptors (Lipinski definition) is 6. The van der Waals surface area contributed by atoms with Crippen LogP contribution in [0.1, 0.15) is 23.2 Å². The van der Waals surface area contributed by atoms with E-state index in [1.807, 2.05) is 0 Å². The van der Waals surface area contributed by atoms with Crippen molar-refractivity contribution < 1.29 is 9.59 Å². The molecule has 1 atom stereocenters. The van der Waals surface area contributed by atoms with E-state index in [2.05, 4.69) is 26.1 Å². The summed E-state index contributed by atoms with van der Waals surface area (Å²) >= 11 is 11.9. The van der Waals surface area contributed by atoms with Crippen LogP contribution in [0.5, 0.6) is 0 Å². The van der Waals surface area contributed by atoms with E-state index in [-0.39, 0.29) is 27.5 Å². The maximum atomic E-state index is 12.4. The Bertz CT molecular complexity index is 733. The van der Waals surface area contributed by atoms with E-state index in [1.165, 1.54) is 12.1 Å². The number of carbonyl (C=O) groups excluding carboxylic acids is 2. The molecule has 5 N–H and O–H groups in total. The van der Waals surface area contributed by atoms with Gasteiger partial charge in [0.05, 0.1) is 34.1 Å². The molecule has 2 amide bonds. The van der Waals surface area contributed by atoms with Crippen LogP contribution >= 0.6 is 23.2 Å². The smallest absolute Gasteiger partial charge is 0.271 e. The van der Waals surface area contributed by atoms with Gasteiger partial charge in [-0.2, -0.15) is 5.10 Å². The van der Waals surface area contributed by atoms with Crippen LogP contribution < -0.4 is 21.8 Å². The molecular formula is C15H18Cl2N6O2. The molecule has 0 spiro atoms. The molecule has 0 radical (unpaired) electrons. The molecule has 0 aromatic heterocycles. The molecule has 2 heterocycles. The molecule has 0 saturated carbocycles. The van der Waals surface area contributed by atoms with Crippen molar-refractivity contribution in [3.05, 3.63) is 27.7 Å². The van der Waals surface area contributed by atoms with Gasteiger partial charge in [0.2, 0.25) is 0 Å². The fourth-order valence-corrected chi connectivity index (χ4v) is 3.14. The molecule has 0 bridgehead atoms. The largest absolute Gasteiger partial charge is 0.366 e. The molecule has 1 unspecified atom stereocenters. The zero-order valence-electron chi connectivity index (χ0n) is 13.3. The van der Waals surface area contributed by atoms with Crippen LogP contribution in [0.4, 0.5) is 5.69 Å². The number of anilines is 1. The fraction of sp³-hybridized carbons (Fsp3) is 0.400. The summed E-state index contributed by atoms with van der Waals surface area (Å²) in [4.78, 5) is 26.2. The third kappa shape index (κ3) is 4.04. The van der Waals surface area contributed by atoms with E-state index in [4.69, 9.17) is 28.9 Å². The number of nitrogens with two attached hydrogens (primary N) is 1. The summed E-state index contributed by atoms with van der Waals surface area (Å²) in [5, 5.41) is 10.5. The predicted molar refractivity (Wildman–Crippen MR) is 96.8 cm³/mol. The Hall–Kier alpha value is -1.87. The van der Waals surface area contributed by atoms with Crippen LogP contribution in [0.3, 0.4) is 0 Å².